The number of carbonyl (C=O) groups is 2. The Morgan fingerprint density at radius 3 is 2.50 bits per heavy atom. The van der Waals surface area contributed by atoms with Crippen molar-refractivity contribution in [3.05, 3.63) is 65.5 Å². The highest BCUT2D eigenvalue weighted by Gasteiger charge is 2.12. The van der Waals surface area contributed by atoms with Crippen LogP contribution in [0.3, 0.4) is 0 Å². The summed E-state index contributed by atoms with van der Waals surface area (Å²) in [7, 11) is 0. The van der Waals surface area contributed by atoms with Gasteiger partial charge in [-0.1, -0.05) is 30.3 Å². The number of aldehydes is 1. The molecule has 3 heteroatoms. The van der Waals surface area contributed by atoms with Gasteiger partial charge in [-0.3, -0.25) is 14.6 Å². The molecule has 1 heterocycles. The number of pyridine rings is 1. The fourth-order valence-electron chi connectivity index (χ4n) is 1.45. The van der Waals surface area contributed by atoms with Crippen molar-refractivity contribution >= 4 is 12.1 Å². The molecule has 0 atom stereocenters. The lowest BCUT2D eigenvalue weighted by Gasteiger charge is -2.02. The van der Waals surface area contributed by atoms with Crippen LogP contribution in [0.4, 0.5) is 0 Å². The molecule has 1 aromatic carbocycles. The molecule has 0 aliphatic carbocycles. The fourth-order valence-corrected chi connectivity index (χ4v) is 1.45. The minimum Gasteiger partial charge on any atom is -0.296 e. The van der Waals surface area contributed by atoms with E-state index in [4.69, 9.17) is 0 Å². The van der Waals surface area contributed by atoms with E-state index in [1.165, 1.54) is 6.20 Å². The number of carbonyl (C=O) groups excluding carboxylic acids is 2. The lowest BCUT2D eigenvalue weighted by atomic mass is 10.0. The summed E-state index contributed by atoms with van der Waals surface area (Å²) in [6.07, 6.45) is 2.08. The average molecular weight is 211 g/mol. The maximum absolute atomic E-state index is 12.0. The van der Waals surface area contributed by atoms with E-state index in [9.17, 15) is 9.59 Å². The van der Waals surface area contributed by atoms with Crippen molar-refractivity contribution in [1.82, 2.24) is 4.98 Å². The van der Waals surface area contributed by atoms with Gasteiger partial charge in [0.1, 0.15) is 5.69 Å². The average Bonchev–Trinajstić information content (AvgIpc) is 2.39. The molecule has 0 amide bonds. The van der Waals surface area contributed by atoms with Crippen LogP contribution in [-0.4, -0.2) is 17.1 Å². The first-order valence-electron chi connectivity index (χ1n) is 4.83. The van der Waals surface area contributed by atoms with E-state index in [1.807, 2.05) is 6.07 Å². The van der Waals surface area contributed by atoms with Crippen LogP contribution >= 0.6 is 0 Å². The quantitative estimate of drug-likeness (QED) is 0.577. The maximum Gasteiger partial charge on any atom is 0.195 e. The van der Waals surface area contributed by atoms with Crippen molar-refractivity contribution in [1.29, 1.82) is 0 Å². The Morgan fingerprint density at radius 2 is 1.81 bits per heavy atom. The molecule has 0 N–H and O–H groups in total. The van der Waals surface area contributed by atoms with Gasteiger partial charge in [0.25, 0.3) is 0 Å². The Bertz CT molecular complexity index is 520. The van der Waals surface area contributed by atoms with E-state index in [1.54, 1.807) is 36.4 Å². The Kier molecular flexibility index (Phi) is 2.87. The van der Waals surface area contributed by atoms with E-state index in [-0.39, 0.29) is 11.5 Å². The first-order chi connectivity index (χ1) is 7.83. The number of hydrogen-bond acceptors (Lipinski definition) is 3. The molecule has 0 aliphatic rings. The molecular formula is C13H9NO2. The molecule has 0 saturated heterocycles. The van der Waals surface area contributed by atoms with Gasteiger partial charge >= 0.3 is 0 Å². The van der Waals surface area contributed by atoms with E-state index < -0.39 is 0 Å². The highest BCUT2D eigenvalue weighted by molar-refractivity contribution is 6.12. The zero-order valence-electron chi connectivity index (χ0n) is 8.46. The monoisotopic (exact) mass is 211 g/mol. The lowest BCUT2D eigenvalue weighted by Crippen LogP contribution is -2.06. The zero-order chi connectivity index (χ0) is 11.4. The molecule has 2 rings (SSSR count). The van der Waals surface area contributed by atoms with Gasteiger partial charge < -0.3 is 0 Å². The number of rotatable bonds is 3. The van der Waals surface area contributed by atoms with E-state index in [2.05, 4.69) is 4.98 Å². The van der Waals surface area contributed by atoms with Crippen molar-refractivity contribution in [2.45, 2.75) is 0 Å². The summed E-state index contributed by atoms with van der Waals surface area (Å²) in [6, 6.07) is 12.1. The molecular weight excluding hydrogens is 202 g/mol. The highest BCUT2D eigenvalue weighted by atomic mass is 16.1. The molecule has 2 aromatic rings. The van der Waals surface area contributed by atoms with E-state index >= 15 is 0 Å². The molecule has 0 bridgehead atoms. The highest BCUT2D eigenvalue weighted by Crippen LogP contribution is 2.11. The molecule has 78 valence electrons. The van der Waals surface area contributed by atoms with Gasteiger partial charge in [0.2, 0.25) is 0 Å². The predicted octanol–water partition coefficient (Wildman–Crippen LogP) is 2.13. The molecule has 0 radical (unpaired) electrons. The number of ketones is 1. The number of nitrogens with zero attached hydrogens (tertiary/aromatic N) is 1. The molecule has 0 fully saturated rings. The Labute approximate surface area is 92.8 Å². The first-order valence-corrected chi connectivity index (χ1v) is 4.83. The second-order valence-electron chi connectivity index (χ2n) is 3.25. The summed E-state index contributed by atoms with van der Waals surface area (Å²) >= 11 is 0. The van der Waals surface area contributed by atoms with Crippen molar-refractivity contribution < 1.29 is 9.59 Å². The maximum atomic E-state index is 12.0. The fraction of sp³-hybridized carbons (Fsp3) is 0. The van der Waals surface area contributed by atoms with Crippen LogP contribution in [0.25, 0.3) is 0 Å². The first kappa shape index (κ1) is 10.2. The normalized spacial score (nSPS) is 9.75. The third kappa shape index (κ3) is 1.88. The molecule has 0 unspecified atom stereocenters. The van der Waals surface area contributed by atoms with Crippen LogP contribution in [0, 0.1) is 0 Å². The van der Waals surface area contributed by atoms with Crippen molar-refractivity contribution in [2.24, 2.45) is 0 Å². The second-order valence-corrected chi connectivity index (χ2v) is 3.25. The SMILES string of the molecule is O=Cc1ncccc1C(=O)c1ccccc1. The number of hydrogen-bond donors (Lipinski definition) is 0. The molecule has 0 spiro atoms. The zero-order valence-corrected chi connectivity index (χ0v) is 8.46. The smallest absolute Gasteiger partial charge is 0.195 e. The third-order valence-corrected chi connectivity index (χ3v) is 2.23. The van der Waals surface area contributed by atoms with Crippen LogP contribution in [-0.2, 0) is 0 Å². The van der Waals surface area contributed by atoms with Gasteiger partial charge in [-0.05, 0) is 12.1 Å². The summed E-state index contributed by atoms with van der Waals surface area (Å²) in [5.41, 5.74) is 1.07. The summed E-state index contributed by atoms with van der Waals surface area (Å²) in [4.78, 5) is 26.6. The molecule has 0 aliphatic heterocycles. The predicted molar refractivity (Wildman–Crippen MR) is 59.5 cm³/mol. The van der Waals surface area contributed by atoms with E-state index in [0.29, 0.717) is 17.4 Å². The summed E-state index contributed by atoms with van der Waals surface area (Å²) in [5, 5.41) is 0. The second kappa shape index (κ2) is 4.49. The summed E-state index contributed by atoms with van der Waals surface area (Å²) < 4.78 is 0. The largest absolute Gasteiger partial charge is 0.296 e. The van der Waals surface area contributed by atoms with Gasteiger partial charge in [-0.2, -0.15) is 0 Å². The number of aromatic nitrogens is 1. The van der Waals surface area contributed by atoms with Crippen molar-refractivity contribution in [3.8, 4) is 0 Å². The molecule has 1 aromatic heterocycles. The van der Waals surface area contributed by atoms with Crippen LogP contribution in [0.15, 0.2) is 48.7 Å². The van der Waals surface area contributed by atoms with Gasteiger partial charge in [-0.25, -0.2) is 0 Å². The topological polar surface area (TPSA) is 47.0 Å². The van der Waals surface area contributed by atoms with Crippen LogP contribution in [0.2, 0.25) is 0 Å². The van der Waals surface area contributed by atoms with Gasteiger partial charge in [0, 0.05) is 11.8 Å². The molecule has 3 nitrogen and oxygen atoms in total. The van der Waals surface area contributed by atoms with Gasteiger partial charge in [0.15, 0.2) is 12.1 Å². The van der Waals surface area contributed by atoms with Crippen LogP contribution < -0.4 is 0 Å². The van der Waals surface area contributed by atoms with Crippen molar-refractivity contribution in [2.75, 3.05) is 0 Å². The molecule has 16 heavy (non-hydrogen) atoms. The number of benzene rings is 1. The van der Waals surface area contributed by atoms with Crippen molar-refractivity contribution in [3.63, 3.8) is 0 Å². The Hall–Kier alpha value is -2.29. The Balaban J connectivity index is 2.46. The van der Waals surface area contributed by atoms with Crippen LogP contribution in [0.5, 0.6) is 0 Å². The minimum absolute atomic E-state index is 0.177. The molecule has 0 saturated carbocycles. The lowest BCUT2D eigenvalue weighted by molar-refractivity contribution is 0.102. The third-order valence-electron chi connectivity index (χ3n) is 2.23. The van der Waals surface area contributed by atoms with E-state index in [0.717, 1.165) is 0 Å². The van der Waals surface area contributed by atoms with Crippen LogP contribution in [0.1, 0.15) is 26.4 Å². The minimum atomic E-state index is -0.184. The summed E-state index contributed by atoms with van der Waals surface area (Å²) in [5.74, 6) is -0.184. The standard InChI is InChI=1S/C13H9NO2/c15-9-12-11(7-4-8-14-12)13(16)10-5-2-1-3-6-10/h1-9H. The van der Waals surface area contributed by atoms with Gasteiger partial charge in [0.05, 0.1) is 5.56 Å². The Morgan fingerprint density at radius 1 is 1.06 bits per heavy atom. The summed E-state index contributed by atoms with van der Waals surface area (Å²) in [6.45, 7) is 0. The van der Waals surface area contributed by atoms with Gasteiger partial charge in [-0.15, -0.1) is 0 Å².